The molecule has 22 heavy (non-hydrogen) atoms. The predicted molar refractivity (Wildman–Crippen MR) is 88.6 cm³/mol. The van der Waals surface area contributed by atoms with Crippen molar-refractivity contribution in [3.05, 3.63) is 23.8 Å². The minimum absolute atomic E-state index is 0. The van der Waals surface area contributed by atoms with Gasteiger partial charge in [0.05, 0.1) is 13.2 Å². The van der Waals surface area contributed by atoms with Crippen LogP contribution in [0.25, 0.3) is 0 Å². The number of carbonyl (C=O) groups is 1. The standard InChI is InChI=1S/C14H20N2O4.2ClH/c17-8-7-15-3-5-16(6-4-15)10-14(20)11-1-2-12(18)13(19)9-11;;/h1-2,9,17-19H,3-8,10H2;2*1H. The summed E-state index contributed by atoms with van der Waals surface area (Å²) in [6, 6.07) is 4.13. The highest BCUT2D eigenvalue weighted by Gasteiger charge is 2.19. The van der Waals surface area contributed by atoms with Gasteiger partial charge in [0.15, 0.2) is 17.3 Å². The molecule has 0 saturated carbocycles. The van der Waals surface area contributed by atoms with Gasteiger partial charge in [0.1, 0.15) is 0 Å². The quantitative estimate of drug-likeness (QED) is 0.535. The van der Waals surface area contributed by atoms with Gasteiger partial charge < -0.3 is 15.3 Å². The second-order valence-corrected chi connectivity index (χ2v) is 4.97. The van der Waals surface area contributed by atoms with Crippen LogP contribution in [0.4, 0.5) is 0 Å². The van der Waals surface area contributed by atoms with Crippen LogP contribution in [0, 0.1) is 0 Å². The number of piperazine rings is 1. The number of hydrogen-bond donors (Lipinski definition) is 3. The van der Waals surface area contributed by atoms with E-state index >= 15 is 0 Å². The number of Topliss-reactive ketones (excluding diaryl/α,β-unsaturated/α-hetero) is 1. The first-order valence-corrected chi connectivity index (χ1v) is 6.71. The molecule has 1 heterocycles. The molecule has 0 radical (unpaired) electrons. The van der Waals surface area contributed by atoms with Crippen molar-refractivity contribution in [2.45, 2.75) is 0 Å². The Kier molecular flexibility index (Phi) is 9.39. The number of benzene rings is 1. The van der Waals surface area contributed by atoms with Crippen LogP contribution in [0.15, 0.2) is 18.2 Å². The highest BCUT2D eigenvalue weighted by Crippen LogP contribution is 2.25. The van der Waals surface area contributed by atoms with E-state index in [2.05, 4.69) is 9.80 Å². The van der Waals surface area contributed by atoms with E-state index in [0.29, 0.717) is 18.7 Å². The fourth-order valence-corrected chi connectivity index (χ4v) is 2.30. The summed E-state index contributed by atoms with van der Waals surface area (Å²) >= 11 is 0. The highest BCUT2D eigenvalue weighted by atomic mass is 35.5. The molecule has 1 aromatic rings. The summed E-state index contributed by atoms with van der Waals surface area (Å²) in [7, 11) is 0. The largest absolute Gasteiger partial charge is 0.504 e. The lowest BCUT2D eigenvalue weighted by molar-refractivity contribution is 0.0822. The lowest BCUT2D eigenvalue weighted by Crippen LogP contribution is -2.48. The number of phenolic OH excluding ortho intramolecular Hbond substituents is 2. The van der Waals surface area contributed by atoms with Crippen molar-refractivity contribution in [2.75, 3.05) is 45.9 Å². The second-order valence-electron chi connectivity index (χ2n) is 4.97. The number of hydrogen-bond acceptors (Lipinski definition) is 6. The van der Waals surface area contributed by atoms with E-state index in [1.165, 1.54) is 18.2 Å². The Labute approximate surface area is 142 Å². The summed E-state index contributed by atoms with van der Waals surface area (Å²) in [5.41, 5.74) is 0.401. The van der Waals surface area contributed by atoms with Gasteiger partial charge in [0.2, 0.25) is 0 Å². The zero-order valence-electron chi connectivity index (χ0n) is 12.1. The van der Waals surface area contributed by atoms with Crippen LogP contribution >= 0.6 is 24.8 Å². The van der Waals surface area contributed by atoms with E-state index in [1.807, 2.05) is 0 Å². The van der Waals surface area contributed by atoms with Crippen LogP contribution in [-0.2, 0) is 0 Å². The van der Waals surface area contributed by atoms with E-state index in [1.54, 1.807) is 0 Å². The maximum absolute atomic E-state index is 12.1. The molecule has 0 aliphatic carbocycles. The minimum atomic E-state index is -0.274. The topological polar surface area (TPSA) is 84.2 Å². The van der Waals surface area contributed by atoms with E-state index < -0.39 is 0 Å². The maximum Gasteiger partial charge on any atom is 0.176 e. The Balaban J connectivity index is 0.00000220. The van der Waals surface area contributed by atoms with Crippen molar-refractivity contribution < 1.29 is 20.1 Å². The molecule has 0 spiro atoms. The van der Waals surface area contributed by atoms with Gasteiger partial charge >= 0.3 is 0 Å². The molecule has 2 rings (SSSR count). The Morgan fingerprint density at radius 3 is 2.14 bits per heavy atom. The van der Waals surface area contributed by atoms with Gasteiger partial charge in [0, 0.05) is 38.3 Å². The number of halogens is 2. The first kappa shape index (κ1) is 20.9. The zero-order chi connectivity index (χ0) is 14.5. The molecule has 3 N–H and O–H groups in total. The van der Waals surface area contributed by atoms with Crippen LogP contribution < -0.4 is 0 Å². The van der Waals surface area contributed by atoms with Crippen molar-refractivity contribution in [3.63, 3.8) is 0 Å². The minimum Gasteiger partial charge on any atom is -0.504 e. The monoisotopic (exact) mass is 352 g/mol. The average Bonchev–Trinajstić information content (AvgIpc) is 2.44. The van der Waals surface area contributed by atoms with Crippen LogP contribution in [0.1, 0.15) is 10.4 Å². The first-order valence-electron chi connectivity index (χ1n) is 6.71. The van der Waals surface area contributed by atoms with E-state index in [-0.39, 0.29) is 48.7 Å². The molecule has 0 aromatic heterocycles. The number of rotatable bonds is 5. The lowest BCUT2D eigenvalue weighted by atomic mass is 10.1. The Hall–Kier alpha value is -1.05. The zero-order valence-corrected chi connectivity index (χ0v) is 13.8. The molecule has 8 heteroatoms. The van der Waals surface area contributed by atoms with Crippen LogP contribution in [-0.4, -0.2) is 76.8 Å². The van der Waals surface area contributed by atoms with Crippen molar-refractivity contribution in [2.24, 2.45) is 0 Å². The summed E-state index contributed by atoms with van der Waals surface area (Å²) in [5.74, 6) is -0.571. The Morgan fingerprint density at radius 2 is 1.59 bits per heavy atom. The summed E-state index contributed by atoms with van der Waals surface area (Å²) in [4.78, 5) is 16.3. The van der Waals surface area contributed by atoms with Crippen LogP contribution in [0.5, 0.6) is 11.5 Å². The third-order valence-corrected chi connectivity index (χ3v) is 3.55. The number of nitrogens with zero attached hydrogens (tertiary/aromatic N) is 2. The van der Waals surface area contributed by atoms with Gasteiger partial charge in [-0.1, -0.05) is 0 Å². The summed E-state index contributed by atoms with van der Waals surface area (Å²) < 4.78 is 0. The highest BCUT2D eigenvalue weighted by molar-refractivity contribution is 5.98. The summed E-state index contributed by atoms with van der Waals surface area (Å²) in [6.07, 6.45) is 0. The van der Waals surface area contributed by atoms with Gasteiger partial charge in [-0.3, -0.25) is 14.6 Å². The van der Waals surface area contributed by atoms with Crippen LogP contribution in [0.3, 0.4) is 0 Å². The fraction of sp³-hybridized carbons (Fsp3) is 0.500. The van der Waals surface area contributed by atoms with Gasteiger partial charge in [-0.2, -0.15) is 0 Å². The molecule has 1 aliphatic rings. The second kappa shape index (κ2) is 9.86. The molecule has 1 fully saturated rings. The predicted octanol–water partition coefficient (Wildman–Crippen LogP) is 0.734. The Bertz CT molecular complexity index is 480. The molecular formula is C14H22Cl2N2O4. The van der Waals surface area contributed by atoms with E-state index in [4.69, 9.17) is 5.11 Å². The molecule has 0 atom stereocenters. The number of carbonyl (C=O) groups excluding carboxylic acids is 1. The van der Waals surface area contributed by atoms with Gasteiger partial charge in [-0.05, 0) is 18.2 Å². The van der Waals surface area contributed by atoms with Crippen LogP contribution in [0.2, 0.25) is 0 Å². The third-order valence-electron chi connectivity index (χ3n) is 3.55. The van der Waals surface area contributed by atoms with Gasteiger partial charge in [0.25, 0.3) is 0 Å². The number of β-amino-alcohol motifs (C(OH)–C–C–N with tert-alkyl or cyclic N) is 1. The van der Waals surface area contributed by atoms with Gasteiger partial charge in [-0.15, -0.1) is 24.8 Å². The SMILES string of the molecule is Cl.Cl.O=C(CN1CCN(CCO)CC1)c1ccc(O)c(O)c1. The van der Waals surface area contributed by atoms with Crippen molar-refractivity contribution in [3.8, 4) is 11.5 Å². The number of phenols is 2. The number of ketones is 1. The summed E-state index contributed by atoms with van der Waals surface area (Å²) in [6.45, 7) is 4.39. The number of aromatic hydroxyl groups is 2. The molecular weight excluding hydrogens is 331 g/mol. The van der Waals surface area contributed by atoms with Crippen molar-refractivity contribution in [1.29, 1.82) is 0 Å². The van der Waals surface area contributed by atoms with Crippen molar-refractivity contribution in [1.82, 2.24) is 9.80 Å². The molecule has 0 bridgehead atoms. The summed E-state index contributed by atoms with van der Waals surface area (Å²) in [5, 5.41) is 27.5. The molecule has 126 valence electrons. The van der Waals surface area contributed by atoms with E-state index in [0.717, 1.165) is 26.2 Å². The van der Waals surface area contributed by atoms with Crippen molar-refractivity contribution >= 4 is 30.6 Å². The molecule has 0 amide bonds. The number of aliphatic hydroxyl groups is 1. The fourth-order valence-electron chi connectivity index (χ4n) is 2.30. The molecule has 1 saturated heterocycles. The number of aliphatic hydroxyl groups excluding tert-OH is 1. The Morgan fingerprint density at radius 1 is 1.00 bits per heavy atom. The molecule has 1 aromatic carbocycles. The third kappa shape index (κ3) is 5.62. The lowest BCUT2D eigenvalue weighted by Gasteiger charge is -2.33. The maximum atomic E-state index is 12.1. The molecule has 1 aliphatic heterocycles. The smallest absolute Gasteiger partial charge is 0.176 e. The molecule has 0 unspecified atom stereocenters. The van der Waals surface area contributed by atoms with Gasteiger partial charge in [-0.25, -0.2) is 0 Å². The first-order chi connectivity index (χ1) is 9.60. The molecule has 6 nitrogen and oxygen atoms in total. The van der Waals surface area contributed by atoms with E-state index in [9.17, 15) is 15.0 Å². The average molecular weight is 353 g/mol. The normalized spacial score (nSPS) is 15.7.